The van der Waals surface area contributed by atoms with E-state index in [0.29, 0.717) is 11.4 Å². The minimum Gasteiger partial charge on any atom is -0.497 e. The molecule has 0 aliphatic carbocycles. The molecule has 2 aromatic rings. The van der Waals surface area contributed by atoms with Crippen LogP contribution in [0.3, 0.4) is 0 Å². The molecule has 0 saturated carbocycles. The molecule has 2 rings (SSSR count). The number of H-pyrrole nitrogens is 1. The lowest BCUT2D eigenvalue weighted by Gasteiger charge is -2.07. The largest absolute Gasteiger partial charge is 0.497 e. The Balaban J connectivity index is 2.36. The van der Waals surface area contributed by atoms with Gasteiger partial charge >= 0.3 is 5.69 Å². The van der Waals surface area contributed by atoms with Crippen LogP contribution < -0.4 is 16.0 Å². The van der Waals surface area contributed by atoms with Crippen molar-refractivity contribution < 1.29 is 4.74 Å². The molecule has 0 atom stereocenters. The summed E-state index contributed by atoms with van der Waals surface area (Å²) in [6.45, 7) is 2.13. The van der Waals surface area contributed by atoms with Crippen LogP contribution in [-0.4, -0.2) is 21.6 Å². The van der Waals surface area contributed by atoms with Crippen molar-refractivity contribution in [1.29, 1.82) is 0 Å². The van der Waals surface area contributed by atoms with Crippen LogP contribution in [0.25, 0.3) is 0 Å². The molecule has 0 aliphatic heterocycles. The highest BCUT2D eigenvalue weighted by Gasteiger charge is 2.03. The molecule has 0 fully saturated rings. The monoisotopic (exact) mass is 247 g/mol. The van der Waals surface area contributed by atoms with E-state index in [2.05, 4.69) is 9.97 Å². The molecule has 2 heterocycles. The SMILES string of the molecule is COc1cc(C)nc(Cn2ccc(=O)[nH]c2=O)c1. The molecule has 0 aliphatic rings. The number of aromatic amines is 1. The Morgan fingerprint density at radius 3 is 2.83 bits per heavy atom. The van der Waals surface area contributed by atoms with Crippen molar-refractivity contribution in [2.75, 3.05) is 7.11 Å². The van der Waals surface area contributed by atoms with E-state index in [1.165, 1.54) is 16.8 Å². The lowest BCUT2D eigenvalue weighted by molar-refractivity contribution is 0.412. The number of pyridine rings is 1. The summed E-state index contributed by atoms with van der Waals surface area (Å²) in [4.78, 5) is 29.0. The third-order valence-corrected chi connectivity index (χ3v) is 2.44. The third-order valence-electron chi connectivity index (χ3n) is 2.44. The summed E-state index contributed by atoms with van der Waals surface area (Å²) in [5.41, 5.74) is 0.638. The number of rotatable bonds is 3. The number of nitrogens with one attached hydrogen (secondary N) is 1. The van der Waals surface area contributed by atoms with Crippen molar-refractivity contribution in [2.45, 2.75) is 13.5 Å². The maximum absolute atomic E-state index is 11.5. The van der Waals surface area contributed by atoms with Crippen LogP contribution in [0.1, 0.15) is 11.4 Å². The fraction of sp³-hybridized carbons (Fsp3) is 0.250. The third kappa shape index (κ3) is 2.65. The number of hydrogen-bond donors (Lipinski definition) is 1. The van der Waals surface area contributed by atoms with Gasteiger partial charge in [-0.15, -0.1) is 0 Å². The van der Waals surface area contributed by atoms with Gasteiger partial charge in [-0.1, -0.05) is 0 Å². The van der Waals surface area contributed by atoms with Gasteiger partial charge in [0.05, 0.1) is 19.3 Å². The first kappa shape index (κ1) is 12.1. The summed E-state index contributed by atoms with van der Waals surface area (Å²) < 4.78 is 6.52. The van der Waals surface area contributed by atoms with Gasteiger partial charge in [0.1, 0.15) is 5.75 Å². The Morgan fingerprint density at radius 1 is 1.39 bits per heavy atom. The van der Waals surface area contributed by atoms with Gasteiger partial charge in [-0.25, -0.2) is 4.79 Å². The van der Waals surface area contributed by atoms with Gasteiger partial charge in [0.2, 0.25) is 0 Å². The summed E-state index contributed by atoms with van der Waals surface area (Å²) in [5, 5.41) is 0. The van der Waals surface area contributed by atoms with Crippen LogP contribution in [0.2, 0.25) is 0 Å². The summed E-state index contributed by atoms with van der Waals surface area (Å²) in [6, 6.07) is 4.86. The first-order chi connectivity index (χ1) is 8.58. The van der Waals surface area contributed by atoms with E-state index < -0.39 is 11.2 Å². The van der Waals surface area contributed by atoms with E-state index in [1.807, 2.05) is 6.92 Å². The second-order valence-corrected chi connectivity index (χ2v) is 3.88. The van der Waals surface area contributed by atoms with Crippen LogP contribution >= 0.6 is 0 Å². The Kier molecular flexibility index (Phi) is 3.27. The Labute approximate surface area is 103 Å². The molecular formula is C12H13N3O3. The molecule has 94 valence electrons. The van der Waals surface area contributed by atoms with E-state index in [4.69, 9.17) is 4.74 Å². The van der Waals surface area contributed by atoms with Crippen molar-refractivity contribution in [3.8, 4) is 5.75 Å². The highest BCUT2D eigenvalue weighted by molar-refractivity contribution is 5.26. The van der Waals surface area contributed by atoms with Gasteiger partial charge in [0.15, 0.2) is 0 Å². The number of aryl methyl sites for hydroxylation is 1. The minimum absolute atomic E-state index is 0.285. The van der Waals surface area contributed by atoms with Gasteiger partial charge in [-0.05, 0) is 6.92 Å². The summed E-state index contributed by atoms with van der Waals surface area (Å²) in [7, 11) is 1.57. The average molecular weight is 247 g/mol. The summed E-state index contributed by atoms with van der Waals surface area (Å²) in [5.74, 6) is 0.690. The van der Waals surface area contributed by atoms with Crippen LogP contribution in [-0.2, 0) is 6.54 Å². The molecule has 1 N–H and O–H groups in total. The predicted octanol–water partition coefficient (Wildman–Crippen LogP) is 0.297. The van der Waals surface area contributed by atoms with E-state index in [1.54, 1.807) is 19.2 Å². The molecule has 6 heteroatoms. The summed E-state index contributed by atoms with van der Waals surface area (Å²) in [6.07, 6.45) is 1.44. The smallest absolute Gasteiger partial charge is 0.328 e. The quantitative estimate of drug-likeness (QED) is 0.846. The van der Waals surface area contributed by atoms with Crippen LogP contribution in [0, 0.1) is 6.92 Å². The van der Waals surface area contributed by atoms with Crippen molar-refractivity contribution in [2.24, 2.45) is 0 Å². The highest BCUT2D eigenvalue weighted by Crippen LogP contribution is 2.13. The Morgan fingerprint density at radius 2 is 2.17 bits per heavy atom. The van der Waals surface area contributed by atoms with Crippen LogP contribution in [0.5, 0.6) is 5.75 Å². The number of aromatic nitrogens is 3. The van der Waals surface area contributed by atoms with Crippen molar-refractivity contribution >= 4 is 0 Å². The zero-order valence-electron chi connectivity index (χ0n) is 10.1. The maximum atomic E-state index is 11.5. The van der Waals surface area contributed by atoms with E-state index in [-0.39, 0.29) is 6.54 Å². The highest BCUT2D eigenvalue weighted by atomic mass is 16.5. The molecule has 0 amide bonds. The molecule has 2 aromatic heterocycles. The molecule has 0 bridgehead atoms. The van der Waals surface area contributed by atoms with Gasteiger partial charge in [-0.2, -0.15) is 0 Å². The minimum atomic E-state index is -0.454. The van der Waals surface area contributed by atoms with E-state index >= 15 is 0 Å². The van der Waals surface area contributed by atoms with Crippen molar-refractivity contribution in [3.05, 3.63) is 56.6 Å². The lowest BCUT2D eigenvalue weighted by atomic mass is 10.3. The molecule has 0 unspecified atom stereocenters. The molecular weight excluding hydrogens is 234 g/mol. The van der Waals surface area contributed by atoms with Crippen molar-refractivity contribution in [1.82, 2.24) is 14.5 Å². The standard InChI is InChI=1S/C12H13N3O3/c1-8-5-10(18-2)6-9(13-8)7-15-4-3-11(16)14-12(15)17/h3-6H,7H2,1-2H3,(H,14,16,17). The molecule has 0 aromatic carbocycles. The Bertz CT molecular complexity index is 673. The van der Waals surface area contributed by atoms with Gasteiger partial charge in [0, 0.05) is 30.1 Å². The van der Waals surface area contributed by atoms with Crippen molar-refractivity contribution in [3.63, 3.8) is 0 Å². The lowest BCUT2D eigenvalue weighted by Crippen LogP contribution is -2.29. The molecule has 0 spiro atoms. The first-order valence-corrected chi connectivity index (χ1v) is 5.40. The fourth-order valence-electron chi connectivity index (χ4n) is 1.64. The normalized spacial score (nSPS) is 10.3. The van der Waals surface area contributed by atoms with Gasteiger partial charge in [-0.3, -0.25) is 19.3 Å². The molecule has 6 nitrogen and oxygen atoms in total. The zero-order chi connectivity index (χ0) is 13.1. The van der Waals surface area contributed by atoms with Gasteiger partial charge in [0.25, 0.3) is 5.56 Å². The second-order valence-electron chi connectivity index (χ2n) is 3.88. The van der Waals surface area contributed by atoms with E-state index in [9.17, 15) is 9.59 Å². The molecule has 0 radical (unpaired) electrons. The first-order valence-electron chi connectivity index (χ1n) is 5.40. The van der Waals surface area contributed by atoms with E-state index in [0.717, 1.165) is 5.69 Å². The predicted molar refractivity (Wildman–Crippen MR) is 66.0 cm³/mol. The zero-order valence-corrected chi connectivity index (χ0v) is 10.1. The number of methoxy groups -OCH3 is 1. The second kappa shape index (κ2) is 4.87. The molecule has 18 heavy (non-hydrogen) atoms. The Hall–Kier alpha value is -2.37. The summed E-state index contributed by atoms with van der Waals surface area (Å²) >= 11 is 0. The maximum Gasteiger partial charge on any atom is 0.328 e. The molecule has 0 saturated heterocycles. The van der Waals surface area contributed by atoms with Gasteiger partial charge < -0.3 is 4.74 Å². The van der Waals surface area contributed by atoms with Crippen LogP contribution in [0.15, 0.2) is 34.0 Å². The average Bonchev–Trinajstić information content (AvgIpc) is 2.32. The number of nitrogens with zero attached hydrogens (tertiary/aromatic N) is 2. The number of hydrogen-bond acceptors (Lipinski definition) is 4. The fourth-order valence-corrected chi connectivity index (χ4v) is 1.64. The van der Waals surface area contributed by atoms with Crippen LogP contribution in [0.4, 0.5) is 0 Å². The topological polar surface area (TPSA) is 77.0 Å². The number of ether oxygens (including phenoxy) is 1.